The van der Waals surface area contributed by atoms with E-state index in [1.807, 2.05) is 13.8 Å². The van der Waals surface area contributed by atoms with Crippen LogP contribution >= 0.6 is 23.2 Å². The molecule has 0 aromatic heterocycles. The van der Waals surface area contributed by atoms with Crippen LogP contribution in [-0.2, 0) is 26.2 Å². The number of hydrogen-bond donors (Lipinski definition) is 1. The lowest BCUT2D eigenvalue weighted by atomic mass is 10.1. The van der Waals surface area contributed by atoms with Crippen LogP contribution in [0.1, 0.15) is 50.2 Å². The zero-order valence-electron chi connectivity index (χ0n) is 20.8. The fraction of sp³-hybridized carbons (Fsp3) is 0.462. The Labute approximate surface area is 223 Å². The second kappa shape index (κ2) is 12.3. The fourth-order valence-corrected chi connectivity index (χ4v) is 5.62. The molecule has 1 atom stereocenters. The molecule has 2 amide bonds. The molecule has 0 heterocycles. The van der Waals surface area contributed by atoms with E-state index in [4.69, 9.17) is 23.2 Å². The molecule has 2 aromatic rings. The van der Waals surface area contributed by atoms with Gasteiger partial charge in [-0.05, 0) is 56.0 Å². The molecule has 0 spiro atoms. The van der Waals surface area contributed by atoms with Crippen molar-refractivity contribution in [3.63, 3.8) is 0 Å². The monoisotopic (exact) mass is 553 g/mol. The Morgan fingerprint density at radius 1 is 1.06 bits per heavy atom. The molecule has 2 aromatic carbocycles. The Balaban J connectivity index is 1.93. The fourth-order valence-electron chi connectivity index (χ4n) is 4.45. The van der Waals surface area contributed by atoms with Crippen molar-refractivity contribution in [3.8, 4) is 0 Å². The number of sulfonamides is 1. The molecule has 1 aliphatic carbocycles. The van der Waals surface area contributed by atoms with Crippen LogP contribution < -0.4 is 9.62 Å². The number of nitrogens with one attached hydrogen (secondary N) is 1. The van der Waals surface area contributed by atoms with Gasteiger partial charge >= 0.3 is 0 Å². The summed E-state index contributed by atoms with van der Waals surface area (Å²) in [5, 5.41) is 3.80. The third-order valence-corrected chi connectivity index (χ3v) is 8.31. The molecule has 0 bridgehead atoms. The summed E-state index contributed by atoms with van der Waals surface area (Å²) in [6.07, 6.45) is 5.39. The Kier molecular flexibility index (Phi) is 9.66. The van der Waals surface area contributed by atoms with Gasteiger partial charge in [-0.15, -0.1) is 0 Å². The van der Waals surface area contributed by atoms with Gasteiger partial charge < -0.3 is 10.2 Å². The van der Waals surface area contributed by atoms with Crippen LogP contribution in [0.2, 0.25) is 10.0 Å². The van der Waals surface area contributed by atoms with E-state index in [1.54, 1.807) is 42.5 Å². The van der Waals surface area contributed by atoms with Crippen molar-refractivity contribution in [1.82, 2.24) is 10.2 Å². The Morgan fingerprint density at radius 2 is 1.69 bits per heavy atom. The van der Waals surface area contributed by atoms with Crippen molar-refractivity contribution < 1.29 is 18.0 Å². The average molecular weight is 555 g/mol. The summed E-state index contributed by atoms with van der Waals surface area (Å²) in [5.41, 5.74) is 2.04. The van der Waals surface area contributed by atoms with Crippen LogP contribution in [0.25, 0.3) is 0 Å². The third kappa shape index (κ3) is 7.37. The molecular weight excluding hydrogens is 521 g/mol. The predicted octanol–water partition coefficient (Wildman–Crippen LogP) is 4.93. The number of halogens is 2. The normalized spacial score (nSPS) is 14.9. The highest BCUT2D eigenvalue weighted by molar-refractivity contribution is 7.92. The first-order valence-corrected chi connectivity index (χ1v) is 14.7. The zero-order valence-corrected chi connectivity index (χ0v) is 23.2. The summed E-state index contributed by atoms with van der Waals surface area (Å²) >= 11 is 12.3. The molecule has 7 nitrogen and oxygen atoms in total. The maximum atomic E-state index is 13.7. The number of aryl methyl sites for hydroxylation is 1. The summed E-state index contributed by atoms with van der Waals surface area (Å²) in [7, 11) is -3.77. The molecule has 10 heteroatoms. The lowest BCUT2D eigenvalue weighted by Gasteiger charge is -2.33. The lowest BCUT2D eigenvalue weighted by Crippen LogP contribution is -2.53. The van der Waals surface area contributed by atoms with Gasteiger partial charge in [-0.3, -0.25) is 13.9 Å². The van der Waals surface area contributed by atoms with Gasteiger partial charge in [-0.25, -0.2) is 8.42 Å². The second-order valence-corrected chi connectivity index (χ2v) is 12.0. The quantitative estimate of drug-likeness (QED) is 0.451. The van der Waals surface area contributed by atoms with E-state index in [2.05, 4.69) is 5.32 Å². The van der Waals surface area contributed by atoms with Crippen LogP contribution in [0, 0.1) is 6.92 Å². The zero-order chi connectivity index (χ0) is 26.5. The highest BCUT2D eigenvalue weighted by Gasteiger charge is 2.33. The molecule has 1 N–H and O–H groups in total. The Morgan fingerprint density at radius 3 is 2.25 bits per heavy atom. The third-order valence-electron chi connectivity index (χ3n) is 6.43. The number of rotatable bonds is 10. The van der Waals surface area contributed by atoms with E-state index in [1.165, 1.54) is 4.90 Å². The Bertz CT molecular complexity index is 1180. The number of carbonyl (C=O) groups is 2. The minimum absolute atomic E-state index is 0.0812. The summed E-state index contributed by atoms with van der Waals surface area (Å²) in [6, 6.07) is 11.3. The Hall–Kier alpha value is -2.29. The average Bonchev–Trinajstić information content (AvgIpc) is 3.32. The lowest BCUT2D eigenvalue weighted by molar-refractivity contribution is -0.140. The number of benzene rings is 2. The second-order valence-electron chi connectivity index (χ2n) is 9.29. The van der Waals surface area contributed by atoms with Gasteiger partial charge in [0.25, 0.3) is 0 Å². The van der Waals surface area contributed by atoms with Gasteiger partial charge in [0, 0.05) is 12.6 Å². The van der Waals surface area contributed by atoms with E-state index < -0.39 is 28.5 Å². The van der Waals surface area contributed by atoms with Gasteiger partial charge in [0.15, 0.2) is 0 Å². The van der Waals surface area contributed by atoms with Crippen molar-refractivity contribution in [3.05, 3.63) is 63.6 Å². The molecule has 3 rings (SSSR count). The van der Waals surface area contributed by atoms with Gasteiger partial charge in [0.05, 0.1) is 22.0 Å². The largest absolute Gasteiger partial charge is 0.352 e. The van der Waals surface area contributed by atoms with Crippen molar-refractivity contribution in [2.45, 2.75) is 64.6 Å². The SMILES string of the molecule is CC[C@H](C(=O)NC1CCCC1)N(Cc1ccc(Cl)c(Cl)c1)C(=O)CN(c1ccc(C)cc1)S(C)(=O)=O. The van der Waals surface area contributed by atoms with Gasteiger partial charge in [0.1, 0.15) is 12.6 Å². The molecule has 196 valence electrons. The maximum Gasteiger partial charge on any atom is 0.244 e. The molecule has 1 aliphatic rings. The summed E-state index contributed by atoms with van der Waals surface area (Å²) in [6.45, 7) is 3.38. The first-order valence-electron chi connectivity index (χ1n) is 12.1. The standard InChI is InChI=1S/C26H33Cl2N3O4S/c1-4-24(26(33)29-20-7-5-6-8-20)30(16-19-11-14-22(27)23(28)15-19)25(32)17-31(36(3,34)35)21-12-9-18(2)10-13-21/h9-15,20,24H,4-8,16-17H2,1-3H3,(H,29,33)/t24-/m1/s1. The number of anilines is 1. The topological polar surface area (TPSA) is 86.8 Å². The number of amides is 2. The van der Waals surface area contributed by atoms with E-state index in [9.17, 15) is 18.0 Å². The first-order chi connectivity index (χ1) is 17.0. The van der Waals surface area contributed by atoms with Crippen LogP contribution in [0.3, 0.4) is 0 Å². The molecule has 0 saturated heterocycles. The minimum atomic E-state index is -3.77. The van der Waals surface area contributed by atoms with Gasteiger partial charge in [-0.2, -0.15) is 0 Å². The summed E-state index contributed by atoms with van der Waals surface area (Å²) in [5.74, 6) is -0.723. The summed E-state index contributed by atoms with van der Waals surface area (Å²) < 4.78 is 26.4. The van der Waals surface area contributed by atoms with E-state index in [-0.39, 0.29) is 18.5 Å². The summed E-state index contributed by atoms with van der Waals surface area (Å²) in [4.78, 5) is 28.5. The molecule has 1 saturated carbocycles. The van der Waals surface area contributed by atoms with Gasteiger partial charge in [-0.1, -0.05) is 66.7 Å². The molecule has 0 aliphatic heterocycles. The molecule has 1 fully saturated rings. The van der Waals surface area contributed by atoms with Crippen molar-refractivity contribution in [1.29, 1.82) is 0 Å². The molecule has 0 radical (unpaired) electrons. The van der Waals surface area contributed by atoms with Crippen molar-refractivity contribution in [2.24, 2.45) is 0 Å². The molecular formula is C26H33Cl2N3O4S. The van der Waals surface area contributed by atoms with Crippen LogP contribution in [0.5, 0.6) is 0 Å². The number of carbonyl (C=O) groups excluding carboxylic acids is 2. The first kappa shape index (κ1) is 28.3. The van der Waals surface area contributed by atoms with E-state index in [0.717, 1.165) is 41.8 Å². The predicted molar refractivity (Wildman–Crippen MR) is 145 cm³/mol. The number of nitrogens with zero attached hydrogens (tertiary/aromatic N) is 2. The molecule has 36 heavy (non-hydrogen) atoms. The van der Waals surface area contributed by atoms with Crippen LogP contribution in [0.4, 0.5) is 5.69 Å². The van der Waals surface area contributed by atoms with Gasteiger partial charge in [0.2, 0.25) is 21.8 Å². The maximum absolute atomic E-state index is 13.7. The van der Waals surface area contributed by atoms with Crippen molar-refractivity contribution >= 4 is 50.7 Å². The minimum Gasteiger partial charge on any atom is -0.352 e. The van der Waals surface area contributed by atoms with Crippen LogP contribution in [-0.4, -0.2) is 50.0 Å². The smallest absolute Gasteiger partial charge is 0.244 e. The van der Waals surface area contributed by atoms with Crippen molar-refractivity contribution in [2.75, 3.05) is 17.1 Å². The number of hydrogen-bond acceptors (Lipinski definition) is 4. The van der Waals surface area contributed by atoms with Crippen LogP contribution in [0.15, 0.2) is 42.5 Å². The highest BCUT2D eigenvalue weighted by Crippen LogP contribution is 2.25. The molecule has 0 unspecified atom stereocenters. The van der Waals surface area contributed by atoms with E-state index in [0.29, 0.717) is 27.7 Å². The highest BCUT2D eigenvalue weighted by atomic mass is 35.5. The van der Waals surface area contributed by atoms with E-state index >= 15 is 0 Å².